The van der Waals surface area contributed by atoms with Crippen LogP contribution in [0.2, 0.25) is 0 Å². The van der Waals surface area contributed by atoms with Crippen LogP contribution in [0, 0.1) is 24.0 Å². The summed E-state index contributed by atoms with van der Waals surface area (Å²) in [6.07, 6.45) is 5.46. The highest BCUT2D eigenvalue weighted by atomic mass is 19.1. The molecule has 3 fully saturated rings. The third-order valence-electron chi connectivity index (χ3n) is 15.5. The summed E-state index contributed by atoms with van der Waals surface area (Å²) in [7, 11) is 1.50. The zero-order chi connectivity index (χ0) is 58.0. The van der Waals surface area contributed by atoms with Gasteiger partial charge in [-0.1, -0.05) is 30.3 Å². The molecule has 0 bridgehead atoms. The van der Waals surface area contributed by atoms with Gasteiger partial charge in [-0.05, 0) is 163 Å². The van der Waals surface area contributed by atoms with E-state index in [1.807, 2.05) is 23.1 Å². The topological polar surface area (TPSA) is 232 Å². The highest BCUT2D eigenvalue weighted by Crippen LogP contribution is 2.42. The van der Waals surface area contributed by atoms with Gasteiger partial charge < -0.3 is 40.0 Å². The Bertz CT molecular complexity index is 3390. The predicted octanol–water partition coefficient (Wildman–Crippen LogP) is 8.37. The number of urea groups is 1. The second-order valence-electron chi connectivity index (χ2n) is 22.6. The van der Waals surface area contributed by atoms with Crippen molar-refractivity contribution in [3.8, 4) is 28.3 Å². The number of rotatable bonds is 15. The van der Waals surface area contributed by atoms with E-state index in [-0.39, 0.29) is 41.4 Å². The van der Waals surface area contributed by atoms with E-state index in [1.54, 1.807) is 45.9 Å². The molecule has 6 aromatic rings. The Kier molecular flexibility index (Phi) is 16.6. The minimum absolute atomic E-state index is 0.00724. The summed E-state index contributed by atoms with van der Waals surface area (Å²) >= 11 is 0. The van der Waals surface area contributed by atoms with E-state index in [2.05, 4.69) is 47.9 Å². The van der Waals surface area contributed by atoms with Crippen molar-refractivity contribution in [2.75, 3.05) is 69.4 Å². The van der Waals surface area contributed by atoms with Crippen molar-refractivity contribution in [1.29, 1.82) is 0 Å². The Morgan fingerprint density at radius 1 is 0.852 bits per heavy atom. The number of likely N-dealkylation sites (tertiary alicyclic amines) is 2. The van der Waals surface area contributed by atoms with Gasteiger partial charge in [0.2, 0.25) is 11.8 Å². The van der Waals surface area contributed by atoms with Gasteiger partial charge in [0.15, 0.2) is 0 Å². The molecule has 3 saturated heterocycles. The molecule has 0 saturated carbocycles. The van der Waals surface area contributed by atoms with Gasteiger partial charge in [0.1, 0.15) is 41.5 Å². The number of methoxy groups -OCH3 is 1. The molecule has 3 aliphatic heterocycles. The number of nitrogens with one attached hydrogen (secondary N) is 4. The van der Waals surface area contributed by atoms with Crippen LogP contribution in [0.15, 0.2) is 85.2 Å². The SMILES string of the molecule is COc1ccc(C(=O)N2CCC3(CCN(CCc4ccc(-c5cc6c(-c7cc(F)cc(N(CNC(=O)CNC(=O)OC(C)(C)C)C(=O)c8ccc(C(C)(C)O)cc8F)c7C)ncnc6[nH]5)cc4)CC3)CC2)cc1N1CCC(=O)NC1=O. The van der Waals surface area contributed by atoms with Gasteiger partial charge in [0.25, 0.3) is 11.8 Å². The van der Waals surface area contributed by atoms with E-state index < -0.39 is 65.6 Å². The summed E-state index contributed by atoms with van der Waals surface area (Å²) in [6.45, 7) is 12.9. The Morgan fingerprint density at radius 3 is 2.23 bits per heavy atom. The van der Waals surface area contributed by atoms with E-state index in [4.69, 9.17) is 9.47 Å². The zero-order valence-electron chi connectivity index (χ0n) is 46.6. The van der Waals surface area contributed by atoms with Gasteiger partial charge in [0.05, 0.1) is 42.0 Å². The summed E-state index contributed by atoms with van der Waals surface area (Å²) in [5.41, 5.74) is 3.00. The fourth-order valence-corrected chi connectivity index (χ4v) is 10.8. The molecule has 4 aromatic carbocycles. The second-order valence-corrected chi connectivity index (χ2v) is 22.6. The molecule has 3 aliphatic rings. The molecular formula is C60H68F2N10O9. The number of benzene rings is 4. The van der Waals surface area contributed by atoms with Gasteiger partial charge in [-0.25, -0.2) is 28.3 Å². The minimum Gasteiger partial charge on any atom is -0.495 e. The average Bonchev–Trinajstić information content (AvgIpc) is 4.16. The highest BCUT2D eigenvalue weighted by molar-refractivity contribution is 6.09. The fraction of sp³-hybridized carbons (Fsp3) is 0.400. The first-order chi connectivity index (χ1) is 38.5. The molecule has 0 unspecified atom stereocenters. The molecule has 0 radical (unpaired) electrons. The number of hydrogen-bond acceptors (Lipinski definition) is 12. The van der Waals surface area contributed by atoms with Crippen LogP contribution < -0.4 is 30.5 Å². The first-order valence-corrected chi connectivity index (χ1v) is 27.1. The maximum atomic E-state index is 16.0. The number of carbonyl (C=O) groups excluding carboxylic acids is 6. The number of H-pyrrole nitrogens is 1. The van der Waals surface area contributed by atoms with E-state index in [0.717, 1.165) is 80.0 Å². The molecule has 81 heavy (non-hydrogen) atoms. The van der Waals surface area contributed by atoms with E-state index in [0.29, 0.717) is 57.9 Å². The predicted molar refractivity (Wildman–Crippen MR) is 301 cm³/mol. The molecule has 19 nitrogen and oxygen atoms in total. The monoisotopic (exact) mass is 1110 g/mol. The number of fused-ring (bicyclic) bond motifs is 1. The Labute approximate surface area is 468 Å². The molecule has 0 atom stereocenters. The number of carbonyl (C=O) groups is 6. The molecule has 5 N–H and O–H groups in total. The number of aliphatic hydroxyl groups is 1. The van der Waals surface area contributed by atoms with Gasteiger partial charge in [0, 0.05) is 54.8 Å². The summed E-state index contributed by atoms with van der Waals surface area (Å²) < 4.78 is 42.5. The summed E-state index contributed by atoms with van der Waals surface area (Å²) in [5.74, 6) is -3.31. The first-order valence-electron chi connectivity index (χ1n) is 27.1. The number of amides is 7. The van der Waals surface area contributed by atoms with E-state index in [9.17, 15) is 33.9 Å². The zero-order valence-corrected chi connectivity index (χ0v) is 46.6. The van der Waals surface area contributed by atoms with Crippen LogP contribution in [0.5, 0.6) is 5.75 Å². The second kappa shape index (κ2) is 23.4. The summed E-state index contributed by atoms with van der Waals surface area (Å²) in [4.78, 5) is 97.2. The number of piperidine rings is 2. The Balaban J connectivity index is 0.842. The number of aromatic amines is 1. The van der Waals surface area contributed by atoms with Crippen molar-refractivity contribution in [3.63, 3.8) is 0 Å². The van der Waals surface area contributed by atoms with Gasteiger partial charge in [-0.3, -0.25) is 34.3 Å². The Morgan fingerprint density at radius 2 is 1.57 bits per heavy atom. The van der Waals surface area contributed by atoms with E-state index in [1.165, 1.54) is 55.9 Å². The number of hydrogen-bond donors (Lipinski definition) is 5. The lowest BCUT2D eigenvalue weighted by Crippen LogP contribution is -2.50. The van der Waals surface area contributed by atoms with Crippen molar-refractivity contribution in [2.45, 2.75) is 91.3 Å². The maximum Gasteiger partial charge on any atom is 0.408 e. The van der Waals surface area contributed by atoms with Crippen molar-refractivity contribution in [3.05, 3.63) is 125 Å². The quantitative estimate of drug-likeness (QED) is 0.0611. The highest BCUT2D eigenvalue weighted by Gasteiger charge is 2.39. The number of alkyl carbamates (subject to hydrolysis) is 1. The molecular weight excluding hydrogens is 1040 g/mol. The van der Waals surface area contributed by atoms with Crippen LogP contribution in [-0.2, 0) is 26.3 Å². The standard InChI is InChI=1S/C60H68F2N10O9/c1-36-43(30-41(61)31-47(36)72(35-66-51(74)33-63-57(78)81-58(2,3)4)55(76)42-14-13-40(29-45(42)62)59(5,6)79)52-44-32-46(67-53(44)65-34-64-52)38-10-8-37(9-11-38)16-22-69-24-18-60(19-25-69)20-26-70(27-21-60)54(75)39-12-15-49(80-7)48(28-39)71-23-17-50(73)68-56(71)77/h8-15,28-32,34,79H,16-27,33,35H2,1-7H3,(H,63,78)(H,66,74)(H,64,65,67)(H,68,73,77). The largest absolute Gasteiger partial charge is 0.495 e. The van der Waals surface area contributed by atoms with Gasteiger partial charge >= 0.3 is 12.1 Å². The molecule has 1 spiro atoms. The number of aromatic nitrogens is 3. The van der Waals surface area contributed by atoms with Crippen molar-refractivity contribution in [1.82, 2.24) is 40.7 Å². The van der Waals surface area contributed by atoms with Crippen LogP contribution in [0.1, 0.15) is 104 Å². The Hall–Kier alpha value is -8.30. The lowest BCUT2D eigenvalue weighted by molar-refractivity contribution is -0.121. The maximum absolute atomic E-state index is 16.0. The number of halogens is 2. The normalized spacial score (nSPS) is 15.8. The summed E-state index contributed by atoms with van der Waals surface area (Å²) in [6, 6.07) is 20.8. The number of nitrogens with zero attached hydrogens (tertiary/aromatic N) is 6. The summed E-state index contributed by atoms with van der Waals surface area (Å²) in [5, 5.41) is 18.4. The van der Waals surface area contributed by atoms with Crippen LogP contribution >= 0.6 is 0 Å². The van der Waals surface area contributed by atoms with Gasteiger partial charge in [-0.15, -0.1) is 0 Å². The third kappa shape index (κ3) is 13.2. The molecule has 7 amide bonds. The number of anilines is 2. The van der Waals surface area contributed by atoms with Gasteiger partial charge in [-0.2, -0.15) is 0 Å². The fourth-order valence-electron chi connectivity index (χ4n) is 10.8. The van der Waals surface area contributed by atoms with E-state index >= 15 is 8.78 Å². The smallest absolute Gasteiger partial charge is 0.408 e. The third-order valence-corrected chi connectivity index (χ3v) is 15.5. The van der Waals surface area contributed by atoms with Crippen LogP contribution in [0.3, 0.4) is 0 Å². The number of ether oxygens (including phenoxy) is 2. The first kappa shape index (κ1) is 57.4. The minimum atomic E-state index is -1.41. The van der Waals surface area contributed by atoms with Crippen molar-refractivity contribution >= 4 is 58.2 Å². The molecule has 2 aromatic heterocycles. The lowest BCUT2D eigenvalue weighted by atomic mass is 9.71. The number of imide groups is 1. The van der Waals surface area contributed by atoms with Crippen molar-refractivity contribution in [2.24, 2.45) is 5.41 Å². The molecule has 426 valence electrons. The van der Waals surface area contributed by atoms with Crippen molar-refractivity contribution < 1.29 is 52.1 Å². The lowest BCUT2D eigenvalue weighted by Gasteiger charge is -2.47. The van der Waals surface area contributed by atoms with Crippen LogP contribution in [-0.4, -0.2) is 131 Å². The molecule has 0 aliphatic carbocycles. The molecule has 9 rings (SSSR count). The van der Waals surface area contributed by atoms with Crippen LogP contribution in [0.4, 0.5) is 29.7 Å². The molecule has 5 heterocycles. The van der Waals surface area contributed by atoms with Crippen LogP contribution in [0.25, 0.3) is 33.5 Å². The average molecular weight is 1110 g/mol. The molecule has 21 heteroatoms.